The van der Waals surface area contributed by atoms with Gasteiger partial charge in [0.25, 0.3) is 0 Å². The molecule has 4 fully saturated rings. The highest BCUT2D eigenvalue weighted by Crippen LogP contribution is 2.46. The van der Waals surface area contributed by atoms with Crippen LogP contribution < -0.4 is 5.32 Å². The molecular formula is C16H26N2O. The summed E-state index contributed by atoms with van der Waals surface area (Å²) in [5.41, 5.74) is 0.629. The second-order valence-corrected chi connectivity index (χ2v) is 7.42. The minimum Gasteiger partial charge on any atom is -0.342 e. The molecule has 3 aliphatic heterocycles. The van der Waals surface area contributed by atoms with E-state index in [0.29, 0.717) is 29.3 Å². The summed E-state index contributed by atoms with van der Waals surface area (Å²) in [6.45, 7) is 2.07. The van der Waals surface area contributed by atoms with Crippen molar-refractivity contribution in [1.29, 1.82) is 0 Å². The summed E-state index contributed by atoms with van der Waals surface area (Å²) in [6.07, 6.45) is 11.8. The van der Waals surface area contributed by atoms with Gasteiger partial charge in [0.1, 0.15) is 0 Å². The van der Waals surface area contributed by atoms with Crippen molar-refractivity contribution in [2.24, 2.45) is 11.3 Å². The lowest BCUT2D eigenvalue weighted by atomic mass is 9.76. The van der Waals surface area contributed by atoms with Crippen molar-refractivity contribution in [3.63, 3.8) is 0 Å². The van der Waals surface area contributed by atoms with Crippen molar-refractivity contribution in [1.82, 2.24) is 10.2 Å². The number of nitrogens with one attached hydrogen (secondary N) is 1. The molecule has 3 nitrogen and oxygen atoms in total. The number of carbonyl (C=O) groups excluding carboxylic acids is 1. The van der Waals surface area contributed by atoms with Gasteiger partial charge in [-0.1, -0.05) is 12.8 Å². The summed E-state index contributed by atoms with van der Waals surface area (Å²) >= 11 is 0. The summed E-state index contributed by atoms with van der Waals surface area (Å²) in [5.74, 6) is 0.768. The number of carbonyl (C=O) groups is 1. The van der Waals surface area contributed by atoms with Gasteiger partial charge >= 0.3 is 0 Å². The Hall–Kier alpha value is -0.570. The number of hydrogen-bond acceptors (Lipinski definition) is 2. The van der Waals surface area contributed by atoms with Crippen LogP contribution in [0.3, 0.4) is 0 Å². The minimum absolute atomic E-state index is 0.302. The zero-order chi connectivity index (χ0) is 12.9. The number of likely N-dealkylation sites (tertiary alicyclic amines) is 1. The maximum absolute atomic E-state index is 12.7. The summed E-state index contributed by atoms with van der Waals surface area (Å²) < 4.78 is 0. The Kier molecular flexibility index (Phi) is 2.87. The lowest BCUT2D eigenvalue weighted by molar-refractivity contribution is -0.138. The summed E-state index contributed by atoms with van der Waals surface area (Å²) in [4.78, 5) is 14.9. The zero-order valence-electron chi connectivity index (χ0n) is 11.9. The molecule has 3 saturated heterocycles. The topological polar surface area (TPSA) is 32.3 Å². The van der Waals surface area contributed by atoms with Gasteiger partial charge in [0.05, 0.1) is 5.92 Å². The Labute approximate surface area is 116 Å². The fourth-order valence-electron chi connectivity index (χ4n) is 5.16. The van der Waals surface area contributed by atoms with Gasteiger partial charge in [-0.25, -0.2) is 0 Å². The van der Waals surface area contributed by atoms with Crippen LogP contribution >= 0.6 is 0 Å². The van der Waals surface area contributed by atoms with Crippen molar-refractivity contribution in [2.75, 3.05) is 13.1 Å². The number of amides is 1. The van der Waals surface area contributed by atoms with Crippen LogP contribution in [0.15, 0.2) is 0 Å². The molecule has 1 amide bonds. The molecule has 3 unspecified atom stereocenters. The molecule has 1 spiro atoms. The smallest absolute Gasteiger partial charge is 0.227 e. The molecule has 1 saturated carbocycles. The van der Waals surface area contributed by atoms with Gasteiger partial charge in [0.2, 0.25) is 5.91 Å². The Morgan fingerprint density at radius 1 is 1.05 bits per heavy atom. The Morgan fingerprint density at radius 2 is 1.79 bits per heavy atom. The van der Waals surface area contributed by atoms with E-state index in [1.54, 1.807) is 0 Å². The van der Waals surface area contributed by atoms with E-state index < -0.39 is 0 Å². The van der Waals surface area contributed by atoms with Crippen LogP contribution in [-0.2, 0) is 4.79 Å². The van der Waals surface area contributed by atoms with E-state index in [-0.39, 0.29) is 0 Å². The van der Waals surface area contributed by atoms with Crippen LogP contribution in [0.4, 0.5) is 0 Å². The van der Waals surface area contributed by atoms with Gasteiger partial charge in [-0.05, 0) is 50.4 Å². The third-order valence-electron chi connectivity index (χ3n) is 6.42. The third kappa shape index (κ3) is 2.01. The van der Waals surface area contributed by atoms with Gasteiger partial charge in [0.15, 0.2) is 0 Å². The zero-order valence-corrected chi connectivity index (χ0v) is 11.9. The van der Waals surface area contributed by atoms with E-state index in [4.69, 9.17) is 0 Å². The Bertz CT molecular complexity index is 365. The maximum atomic E-state index is 12.7. The van der Waals surface area contributed by atoms with Crippen LogP contribution in [0.25, 0.3) is 0 Å². The first kappa shape index (κ1) is 12.2. The van der Waals surface area contributed by atoms with Crippen LogP contribution in [0.2, 0.25) is 0 Å². The van der Waals surface area contributed by atoms with Crippen molar-refractivity contribution in [3.05, 3.63) is 0 Å². The molecule has 106 valence electrons. The molecule has 1 N–H and O–H groups in total. The predicted molar refractivity (Wildman–Crippen MR) is 74.8 cm³/mol. The van der Waals surface area contributed by atoms with Crippen LogP contribution in [0.1, 0.15) is 57.8 Å². The number of hydrogen-bond donors (Lipinski definition) is 1. The molecule has 1 aliphatic carbocycles. The average molecular weight is 262 g/mol. The summed E-state index contributed by atoms with van der Waals surface area (Å²) in [6, 6.07) is 1.14. The molecule has 3 heteroatoms. The SMILES string of the molecule is O=C(C1CC2CCC1N2)N1CCC2(CCCC2)CC1. The number of rotatable bonds is 1. The monoisotopic (exact) mass is 262 g/mol. The highest BCUT2D eigenvalue weighted by molar-refractivity contribution is 5.80. The van der Waals surface area contributed by atoms with Gasteiger partial charge in [0, 0.05) is 25.2 Å². The molecule has 19 heavy (non-hydrogen) atoms. The lowest BCUT2D eigenvalue weighted by Crippen LogP contribution is -2.47. The number of fused-ring (bicyclic) bond motifs is 2. The van der Waals surface area contributed by atoms with Crippen molar-refractivity contribution < 1.29 is 4.79 Å². The molecule has 4 aliphatic rings. The van der Waals surface area contributed by atoms with E-state index in [2.05, 4.69) is 10.2 Å². The van der Waals surface area contributed by atoms with Crippen LogP contribution in [0, 0.1) is 11.3 Å². The van der Waals surface area contributed by atoms with Crippen LogP contribution in [0.5, 0.6) is 0 Å². The largest absolute Gasteiger partial charge is 0.342 e. The molecule has 0 aromatic rings. The fourth-order valence-corrected chi connectivity index (χ4v) is 5.16. The average Bonchev–Trinajstić information content (AvgIpc) is 3.15. The lowest BCUT2D eigenvalue weighted by Gasteiger charge is -2.40. The van der Waals surface area contributed by atoms with E-state index in [1.807, 2.05) is 0 Å². The number of piperidine rings is 1. The van der Waals surface area contributed by atoms with Gasteiger partial charge in [-0.2, -0.15) is 0 Å². The first-order valence-electron chi connectivity index (χ1n) is 8.31. The third-order valence-corrected chi connectivity index (χ3v) is 6.42. The molecule has 0 aromatic heterocycles. The van der Waals surface area contributed by atoms with Crippen molar-refractivity contribution >= 4 is 5.91 Å². The minimum atomic E-state index is 0.302. The first-order chi connectivity index (χ1) is 9.26. The Balaban J connectivity index is 1.37. The molecule has 0 radical (unpaired) electrons. The van der Waals surface area contributed by atoms with Crippen LogP contribution in [-0.4, -0.2) is 36.0 Å². The quantitative estimate of drug-likeness (QED) is 0.786. The highest BCUT2D eigenvalue weighted by Gasteiger charge is 2.45. The highest BCUT2D eigenvalue weighted by atomic mass is 16.2. The van der Waals surface area contributed by atoms with E-state index >= 15 is 0 Å². The van der Waals surface area contributed by atoms with Crippen molar-refractivity contribution in [3.8, 4) is 0 Å². The second kappa shape index (κ2) is 4.47. The Morgan fingerprint density at radius 3 is 2.37 bits per heavy atom. The van der Waals surface area contributed by atoms with Gasteiger partial charge in [-0.3, -0.25) is 4.79 Å². The first-order valence-corrected chi connectivity index (χ1v) is 8.31. The van der Waals surface area contributed by atoms with Gasteiger partial charge in [-0.15, -0.1) is 0 Å². The molecule has 3 heterocycles. The number of nitrogens with zero attached hydrogens (tertiary/aromatic N) is 1. The molecular weight excluding hydrogens is 236 g/mol. The molecule has 2 bridgehead atoms. The molecule has 0 aromatic carbocycles. The van der Waals surface area contributed by atoms with E-state index in [9.17, 15) is 4.79 Å². The standard InChI is InChI=1S/C16H26N2O/c19-15(13-11-12-3-4-14(13)17-12)18-9-7-16(8-10-18)5-1-2-6-16/h12-14,17H,1-11H2. The normalized spacial score (nSPS) is 40.2. The molecule has 3 atom stereocenters. The summed E-state index contributed by atoms with van der Waals surface area (Å²) in [5, 5.41) is 3.60. The maximum Gasteiger partial charge on any atom is 0.227 e. The fraction of sp³-hybridized carbons (Fsp3) is 0.938. The van der Waals surface area contributed by atoms with E-state index in [1.165, 1.54) is 51.4 Å². The molecule has 4 rings (SSSR count). The summed E-state index contributed by atoms with van der Waals surface area (Å²) in [7, 11) is 0. The predicted octanol–water partition coefficient (Wildman–Crippen LogP) is 2.31. The van der Waals surface area contributed by atoms with Crippen molar-refractivity contribution in [2.45, 2.75) is 69.9 Å². The van der Waals surface area contributed by atoms with Gasteiger partial charge < -0.3 is 10.2 Å². The van der Waals surface area contributed by atoms with E-state index in [0.717, 1.165) is 19.5 Å². The second-order valence-electron chi connectivity index (χ2n) is 7.42.